The van der Waals surface area contributed by atoms with Crippen LogP contribution in [0.5, 0.6) is 5.75 Å². The zero-order chi connectivity index (χ0) is 10.8. The first-order valence-electron chi connectivity index (χ1n) is 3.84. The molecule has 1 rings (SSSR count). The maximum Gasteiger partial charge on any atom is 0.220 e. The van der Waals surface area contributed by atoms with Crippen molar-refractivity contribution >= 4 is 34.8 Å². The smallest absolute Gasteiger partial charge is 0.220 e. The van der Waals surface area contributed by atoms with E-state index in [2.05, 4.69) is 0 Å². The number of benzene rings is 1. The average molecular weight is 256 g/mol. The molecule has 1 aromatic carbocycles. The Hall–Kier alpha value is -0.150. The van der Waals surface area contributed by atoms with E-state index in [4.69, 9.17) is 39.5 Å². The van der Waals surface area contributed by atoms with E-state index >= 15 is 0 Å². The van der Waals surface area contributed by atoms with Gasteiger partial charge in [-0.2, -0.15) is 0 Å². The van der Waals surface area contributed by atoms with Crippen LogP contribution in [0.15, 0.2) is 24.3 Å². The molecule has 14 heavy (non-hydrogen) atoms. The van der Waals surface area contributed by atoms with Gasteiger partial charge in [0.2, 0.25) is 3.79 Å². The summed E-state index contributed by atoms with van der Waals surface area (Å²) in [4.78, 5) is 0. The molecule has 0 unspecified atom stereocenters. The van der Waals surface area contributed by atoms with Crippen LogP contribution >= 0.6 is 34.8 Å². The monoisotopic (exact) mass is 254 g/mol. The van der Waals surface area contributed by atoms with E-state index in [0.717, 1.165) is 0 Å². The van der Waals surface area contributed by atoms with Crippen molar-refractivity contribution in [1.29, 1.82) is 0 Å². The summed E-state index contributed by atoms with van der Waals surface area (Å²) in [5.74, 6) is 0.685. The van der Waals surface area contributed by atoms with Crippen LogP contribution in [0.3, 0.4) is 0 Å². The van der Waals surface area contributed by atoms with Gasteiger partial charge in [-0.1, -0.05) is 46.9 Å². The van der Waals surface area contributed by atoms with Crippen molar-refractivity contribution in [1.82, 2.24) is 0 Å². The van der Waals surface area contributed by atoms with Crippen LogP contribution in [0.25, 0.3) is 0 Å². The topological polar surface area (TPSA) is 29.5 Å². The van der Waals surface area contributed by atoms with Crippen molar-refractivity contribution in [3.05, 3.63) is 29.8 Å². The Morgan fingerprint density at radius 2 is 1.71 bits per heavy atom. The quantitative estimate of drug-likeness (QED) is 0.823. The van der Waals surface area contributed by atoms with Crippen molar-refractivity contribution in [2.45, 2.75) is 9.90 Å². The number of alkyl halides is 3. The van der Waals surface area contributed by atoms with Gasteiger partial charge in [0.1, 0.15) is 11.9 Å². The molecule has 0 aliphatic heterocycles. The van der Waals surface area contributed by atoms with Gasteiger partial charge in [-0.3, -0.25) is 0 Å². The number of methoxy groups -OCH3 is 1. The van der Waals surface area contributed by atoms with Gasteiger partial charge >= 0.3 is 0 Å². The predicted molar refractivity (Wildman–Crippen MR) is 58.2 cm³/mol. The minimum absolute atomic E-state index is 0.533. The fourth-order valence-electron chi connectivity index (χ4n) is 0.975. The highest BCUT2D eigenvalue weighted by Gasteiger charge is 2.31. The van der Waals surface area contributed by atoms with Gasteiger partial charge in [0.05, 0.1) is 7.11 Å². The second-order valence-corrected chi connectivity index (χ2v) is 5.09. The lowest BCUT2D eigenvalue weighted by atomic mass is 10.1. The van der Waals surface area contributed by atoms with Gasteiger partial charge in [-0.05, 0) is 17.7 Å². The minimum Gasteiger partial charge on any atom is -0.497 e. The Kier molecular flexibility index (Phi) is 3.90. The Bertz CT molecular complexity index is 292. The van der Waals surface area contributed by atoms with Gasteiger partial charge in [-0.25, -0.2) is 0 Å². The third-order valence-corrected chi connectivity index (χ3v) is 2.36. The number of hydrogen-bond donors (Lipinski definition) is 1. The number of aliphatic hydroxyl groups is 1. The number of rotatable bonds is 2. The van der Waals surface area contributed by atoms with Crippen molar-refractivity contribution in [3.8, 4) is 5.75 Å². The Morgan fingerprint density at radius 3 is 2.07 bits per heavy atom. The van der Waals surface area contributed by atoms with Crippen molar-refractivity contribution in [2.24, 2.45) is 0 Å². The molecule has 78 valence electrons. The number of halogens is 3. The van der Waals surface area contributed by atoms with E-state index in [9.17, 15) is 5.11 Å². The van der Waals surface area contributed by atoms with Crippen molar-refractivity contribution in [3.63, 3.8) is 0 Å². The van der Waals surface area contributed by atoms with Crippen LogP contribution in [-0.2, 0) is 0 Å². The summed E-state index contributed by atoms with van der Waals surface area (Å²) in [6.45, 7) is 0. The maximum atomic E-state index is 9.58. The second-order valence-electron chi connectivity index (χ2n) is 2.72. The first kappa shape index (κ1) is 11.9. The number of aliphatic hydroxyl groups excluding tert-OH is 1. The van der Waals surface area contributed by atoms with Gasteiger partial charge in [0.15, 0.2) is 0 Å². The van der Waals surface area contributed by atoms with E-state index < -0.39 is 9.90 Å². The molecule has 2 nitrogen and oxygen atoms in total. The summed E-state index contributed by atoms with van der Waals surface area (Å²) < 4.78 is 3.24. The molecule has 5 heteroatoms. The van der Waals surface area contributed by atoms with Crippen molar-refractivity contribution < 1.29 is 9.84 Å². The molecule has 0 aromatic heterocycles. The Labute approximate surface area is 97.3 Å². The Balaban J connectivity index is 2.87. The summed E-state index contributed by atoms with van der Waals surface area (Å²) in [6, 6.07) is 6.67. The molecule has 1 aromatic rings. The Morgan fingerprint density at radius 1 is 1.21 bits per heavy atom. The molecule has 0 amide bonds. The second kappa shape index (κ2) is 4.58. The number of hydrogen-bond acceptors (Lipinski definition) is 2. The lowest BCUT2D eigenvalue weighted by Gasteiger charge is -2.19. The largest absolute Gasteiger partial charge is 0.497 e. The molecule has 0 saturated carbocycles. The van der Waals surface area contributed by atoms with Gasteiger partial charge in [0.25, 0.3) is 0 Å². The molecular formula is C9H9Cl3O2. The van der Waals surface area contributed by atoms with Crippen LogP contribution in [0.4, 0.5) is 0 Å². The number of ether oxygens (including phenoxy) is 1. The molecule has 0 aliphatic carbocycles. The summed E-state index contributed by atoms with van der Waals surface area (Å²) in [5, 5.41) is 9.58. The van der Waals surface area contributed by atoms with E-state index in [1.165, 1.54) is 0 Å². The molecule has 0 fully saturated rings. The molecule has 1 N–H and O–H groups in total. The van der Waals surface area contributed by atoms with E-state index in [1.807, 2.05) is 0 Å². The highest BCUT2D eigenvalue weighted by molar-refractivity contribution is 6.68. The fourth-order valence-corrected chi connectivity index (χ4v) is 1.35. The molecule has 0 bridgehead atoms. The van der Waals surface area contributed by atoms with Crippen LogP contribution < -0.4 is 4.74 Å². The standard InChI is InChI=1S/C9H9Cl3O2/c1-14-7-4-2-6(3-5-7)8(13)9(10,11)12/h2-5,8,13H,1H3/t8-/m0/s1. The lowest BCUT2D eigenvalue weighted by molar-refractivity contribution is 0.182. The van der Waals surface area contributed by atoms with E-state index in [-0.39, 0.29) is 0 Å². The molecule has 0 heterocycles. The van der Waals surface area contributed by atoms with E-state index in [1.54, 1.807) is 31.4 Å². The first-order chi connectivity index (χ1) is 6.45. The SMILES string of the molecule is COc1ccc([C@H](O)C(Cl)(Cl)Cl)cc1. The lowest BCUT2D eigenvalue weighted by Crippen LogP contribution is -2.16. The third kappa shape index (κ3) is 2.92. The van der Waals surface area contributed by atoms with Gasteiger partial charge in [0, 0.05) is 0 Å². The molecule has 0 radical (unpaired) electrons. The average Bonchev–Trinajstić information content (AvgIpc) is 2.15. The highest BCUT2D eigenvalue weighted by atomic mass is 35.6. The van der Waals surface area contributed by atoms with Crippen LogP contribution in [-0.4, -0.2) is 16.0 Å². The summed E-state index contributed by atoms with van der Waals surface area (Å²) in [7, 11) is 1.56. The minimum atomic E-state index is -1.71. The van der Waals surface area contributed by atoms with E-state index in [0.29, 0.717) is 11.3 Å². The summed E-state index contributed by atoms with van der Waals surface area (Å²) in [6.07, 6.45) is -1.14. The van der Waals surface area contributed by atoms with Crippen LogP contribution in [0.2, 0.25) is 0 Å². The van der Waals surface area contributed by atoms with Crippen LogP contribution in [0.1, 0.15) is 11.7 Å². The molecule has 0 saturated heterocycles. The van der Waals surface area contributed by atoms with Gasteiger partial charge in [-0.15, -0.1) is 0 Å². The molecular weight excluding hydrogens is 246 g/mol. The first-order valence-corrected chi connectivity index (χ1v) is 4.97. The normalized spacial score (nSPS) is 13.8. The van der Waals surface area contributed by atoms with Crippen molar-refractivity contribution in [2.75, 3.05) is 7.11 Å². The summed E-state index contributed by atoms with van der Waals surface area (Å²) >= 11 is 16.6. The molecule has 0 spiro atoms. The molecule has 0 aliphatic rings. The molecule has 1 atom stereocenters. The summed E-state index contributed by atoms with van der Waals surface area (Å²) in [5.41, 5.74) is 0.533. The fraction of sp³-hybridized carbons (Fsp3) is 0.333. The third-order valence-electron chi connectivity index (χ3n) is 1.74. The van der Waals surface area contributed by atoms with Crippen LogP contribution in [0, 0.1) is 0 Å². The van der Waals surface area contributed by atoms with Gasteiger partial charge < -0.3 is 9.84 Å². The zero-order valence-electron chi connectivity index (χ0n) is 7.38. The maximum absolute atomic E-state index is 9.58. The predicted octanol–water partition coefficient (Wildman–Crippen LogP) is 3.10. The zero-order valence-corrected chi connectivity index (χ0v) is 9.64. The highest BCUT2D eigenvalue weighted by Crippen LogP contribution is 2.39.